The van der Waals surface area contributed by atoms with Gasteiger partial charge in [-0.1, -0.05) is 13.8 Å². The van der Waals surface area contributed by atoms with Crippen molar-refractivity contribution in [3.63, 3.8) is 0 Å². The maximum Gasteiger partial charge on any atom is 0.0383 e. The van der Waals surface area contributed by atoms with Crippen LogP contribution in [0, 0.1) is 0 Å². The lowest BCUT2D eigenvalue weighted by Gasteiger charge is -2.27. The van der Waals surface area contributed by atoms with Crippen molar-refractivity contribution in [3.8, 4) is 0 Å². The van der Waals surface area contributed by atoms with E-state index in [9.17, 15) is 0 Å². The van der Waals surface area contributed by atoms with Crippen LogP contribution in [0.3, 0.4) is 0 Å². The number of rotatable bonds is 4. The maximum atomic E-state index is 3.67. The van der Waals surface area contributed by atoms with Gasteiger partial charge in [0.2, 0.25) is 0 Å². The van der Waals surface area contributed by atoms with Gasteiger partial charge in [0.25, 0.3) is 0 Å². The molecule has 0 radical (unpaired) electrons. The second kappa shape index (κ2) is 5.28. The van der Waals surface area contributed by atoms with Crippen LogP contribution < -0.4 is 5.32 Å². The molecule has 15 heavy (non-hydrogen) atoms. The molecular weight excluding hydrogens is 186 g/mol. The summed E-state index contributed by atoms with van der Waals surface area (Å²) >= 11 is 0. The van der Waals surface area contributed by atoms with Crippen molar-refractivity contribution in [1.82, 2.24) is 15.1 Å². The smallest absolute Gasteiger partial charge is 0.0383 e. The Morgan fingerprint density at radius 2 is 1.73 bits per heavy atom. The lowest BCUT2D eigenvalue weighted by atomic mass is 10.1. The van der Waals surface area contributed by atoms with E-state index in [2.05, 4.69) is 56.9 Å². The first-order chi connectivity index (χ1) is 6.91. The predicted octanol–water partition coefficient (Wildman–Crippen LogP) is 1.01. The lowest BCUT2D eigenvalue weighted by Crippen LogP contribution is -2.48. The summed E-state index contributed by atoms with van der Waals surface area (Å²) in [5, 5.41) is 3.67. The van der Waals surface area contributed by atoms with E-state index in [1.807, 2.05) is 0 Å². The van der Waals surface area contributed by atoms with E-state index in [1.165, 1.54) is 13.1 Å². The van der Waals surface area contributed by atoms with Crippen LogP contribution in [0.2, 0.25) is 0 Å². The van der Waals surface area contributed by atoms with E-state index in [-0.39, 0.29) is 0 Å². The first kappa shape index (κ1) is 12.9. The molecule has 3 nitrogen and oxygen atoms in total. The van der Waals surface area contributed by atoms with Gasteiger partial charge in [0, 0.05) is 37.3 Å². The van der Waals surface area contributed by atoms with Crippen molar-refractivity contribution in [2.45, 2.75) is 51.9 Å². The van der Waals surface area contributed by atoms with E-state index >= 15 is 0 Å². The number of nitrogens with one attached hydrogen (secondary N) is 1. The predicted molar refractivity (Wildman–Crippen MR) is 66.2 cm³/mol. The highest BCUT2D eigenvalue weighted by Crippen LogP contribution is 2.17. The first-order valence-electron chi connectivity index (χ1n) is 6.08. The Morgan fingerprint density at radius 1 is 1.13 bits per heavy atom. The average molecular weight is 213 g/mol. The highest BCUT2D eigenvalue weighted by molar-refractivity contribution is 4.95. The summed E-state index contributed by atoms with van der Waals surface area (Å²) in [5.41, 5.74) is 0. The monoisotopic (exact) mass is 213 g/mol. The van der Waals surface area contributed by atoms with Gasteiger partial charge < -0.3 is 10.2 Å². The third-order valence-electron chi connectivity index (χ3n) is 3.26. The Morgan fingerprint density at radius 3 is 2.13 bits per heavy atom. The molecule has 0 aromatic rings. The summed E-state index contributed by atoms with van der Waals surface area (Å²) < 4.78 is 0. The molecule has 1 N–H and O–H groups in total. The summed E-state index contributed by atoms with van der Waals surface area (Å²) in [7, 11) is 4.37. The summed E-state index contributed by atoms with van der Waals surface area (Å²) in [5.74, 6) is 0. The molecule has 2 atom stereocenters. The van der Waals surface area contributed by atoms with Crippen LogP contribution in [0.5, 0.6) is 0 Å². The van der Waals surface area contributed by atoms with Crippen LogP contribution in [0.4, 0.5) is 0 Å². The molecule has 0 unspecified atom stereocenters. The standard InChI is InChI=1S/C12H27N3/c1-9(2)13-11-7-15(10(3)4)8-12(11)14(5)6/h9-13H,7-8H2,1-6H3/t11-,12-/m1/s1. The Balaban J connectivity index is 2.59. The molecule has 0 saturated carbocycles. The van der Waals surface area contributed by atoms with Crippen LogP contribution in [0.25, 0.3) is 0 Å². The van der Waals surface area contributed by atoms with Gasteiger partial charge in [-0.3, -0.25) is 4.90 Å². The molecule has 0 aromatic carbocycles. The molecule has 1 aliphatic heterocycles. The van der Waals surface area contributed by atoms with Gasteiger partial charge in [-0.25, -0.2) is 0 Å². The van der Waals surface area contributed by atoms with Crippen LogP contribution in [-0.4, -0.2) is 61.2 Å². The van der Waals surface area contributed by atoms with Crippen molar-refractivity contribution in [1.29, 1.82) is 0 Å². The van der Waals surface area contributed by atoms with Crippen molar-refractivity contribution in [2.24, 2.45) is 0 Å². The van der Waals surface area contributed by atoms with E-state index in [4.69, 9.17) is 0 Å². The van der Waals surface area contributed by atoms with Gasteiger partial charge in [-0.2, -0.15) is 0 Å². The van der Waals surface area contributed by atoms with Crippen molar-refractivity contribution in [3.05, 3.63) is 0 Å². The zero-order chi connectivity index (χ0) is 11.6. The van der Waals surface area contributed by atoms with Crippen LogP contribution in [0.1, 0.15) is 27.7 Å². The minimum Gasteiger partial charge on any atom is -0.309 e. The van der Waals surface area contributed by atoms with Crippen molar-refractivity contribution < 1.29 is 0 Å². The average Bonchev–Trinajstić information content (AvgIpc) is 2.46. The number of likely N-dealkylation sites (tertiary alicyclic amines) is 1. The molecule has 3 heteroatoms. The third-order valence-corrected chi connectivity index (χ3v) is 3.26. The van der Waals surface area contributed by atoms with Crippen LogP contribution in [-0.2, 0) is 0 Å². The molecule has 1 fully saturated rings. The Kier molecular flexibility index (Phi) is 4.56. The SMILES string of the molecule is CC(C)N[C@@H]1CN(C(C)C)C[C@H]1N(C)C. The molecule has 0 aromatic heterocycles. The fourth-order valence-electron chi connectivity index (χ4n) is 2.35. The van der Waals surface area contributed by atoms with Gasteiger partial charge in [0.15, 0.2) is 0 Å². The minimum absolute atomic E-state index is 0.574. The molecule has 90 valence electrons. The van der Waals surface area contributed by atoms with Gasteiger partial charge in [-0.05, 0) is 27.9 Å². The zero-order valence-corrected chi connectivity index (χ0v) is 11.1. The minimum atomic E-state index is 0.574. The lowest BCUT2D eigenvalue weighted by molar-refractivity contribution is 0.233. The second-order valence-corrected chi connectivity index (χ2v) is 5.51. The van der Waals surface area contributed by atoms with Crippen molar-refractivity contribution in [2.75, 3.05) is 27.2 Å². The van der Waals surface area contributed by atoms with Gasteiger partial charge >= 0.3 is 0 Å². The molecule has 1 saturated heterocycles. The quantitative estimate of drug-likeness (QED) is 0.752. The fourth-order valence-corrected chi connectivity index (χ4v) is 2.35. The molecule has 0 spiro atoms. The number of likely N-dealkylation sites (N-methyl/N-ethyl adjacent to an activating group) is 1. The number of hydrogen-bond acceptors (Lipinski definition) is 3. The van der Waals surface area contributed by atoms with Crippen LogP contribution in [0.15, 0.2) is 0 Å². The molecule has 1 aliphatic rings. The van der Waals surface area contributed by atoms with Gasteiger partial charge in [0.05, 0.1) is 0 Å². The Bertz CT molecular complexity index is 189. The third kappa shape index (κ3) is 3.44. The first-order valence-corrected chi connectivity index (χ1v) is 6.08. The van der Waals surface area contributed by atoms with E-state index in [0.717, 1.165) is 0 Å². The van der Waals surface area contributed by atoms with Crippen molar-refractivity contribution >= 4 is 0 Å². The van der Waals surface area contributed by atoms with E-state index < -0.39 is 0 Å². The van der Waals surface area contributed by atoms with E-state index in [0.29, 0.717) is 24.2 Å². The van der Waals surface area contributed by atoms with Gasteiger partial charge in [-0.15, -0.1) is 0 Å². The highest BCUT2D eigenvalue weighted by atomic mass is 15.3. The molecule has 0 bridgehead atoms. The zero-order valence-electron chi connectivity index (χ0n) is 11.1. The Hall–Kier alpha value is -0.120. The molecule has 0 aliphatic carbocycles. The second-order valence-electron chi connectivity index (χ2n) is 5.51. The summed E-state index contributed by atoms with van der Waals surface area (Å²) in [6.45, 7) is 11.4. The van der Waals surface area contributed by atoms with Gasteiger partial charge in [0.1, 0.15) is 0 Å². The summed E-state index contributed by atoms with van der Waals surface area (Å²) in [4.78, 5) is 4.91. The molecule has 1 heterocycles. The molecular formula is C12H27N3. The number of nitrogens with zero attached hydrogens (tertiary/aromatic N) is 2. The topological polar surface area (TPSA) is 18.5 Å². The normalized spacial score (nSPS) is 28.6. The fraction of sp³-hybridized carbons (Fsp3) is 1.00. The van der Waals surface area contributed by atoms with E-state index in [1.54, 1.807) is 0 Å². The Labute approximate surface area is 94.8 Å². The molecule has 1 rings (SSSR count). The number of hydrogen-bond donors (Lipinski definition) is 1. The summed E-state index contributed by atoms with van der Waals surface area (Å²) in [6, 6.07) is 2.49. The highest BCUT2D eigenvalue weighted by Gasteiger charge is 2.34. The van der Waals surface area contributed by atoms with Crippen LogP contribution >= 0.6 is 0 Å². The largest absolute Gasteiger partial charge is 0.309 e. The summed E-state index contributed by atoms with van der Waals surface area (Å²) in [6.07, 6.45) is 0. The maximum absolute atomic E-state index is 3.67. The molecule has 0 amide bonds.